The molecule has 3 aromatic carbocycles. The Morgan fingerprint density at radius 1 is 0.852 bits per heavy atom. The summed E-state index contributed by atoms with van der Waals surface area (Å²) in [6.45, 7) is 2.15. The van der Waals surface area contributed by atoms with Crippen LogP contribution in [0.3, 0.4) is 0 Å². The van der Waals surface area contributed by atoms with Crippen LogP contribution in [0.2, 0.25) is 0 Å². The third-order valence-electron chi connectivity index (χ3n) is 4.55. The van der Waals surface area contributed by atoms with Crippen molar-refractivity contribution >= 4 is 11.6 Å². The number of hydrogen-bond donors (Lipinski definition) is 3. The van der Waals surface area contributed by atoms with Gasteiger partial charge in [0.25, 0.3) is 5.91 Å². The zero-order valence-electron chi connectivity index (χ0n) is 15.3. The first kappa shape index (κ1) is 18.7. The van der Waals surface area contributed by atoms with Crippen LogP contribution in [0.4, 0.5) is 5.69 Å². The van der Waals surface area contributed by atoms with Crippen LogP contribution in [0, 0.1) is 0 Å². The van der Waals surface area contributed by atoms with Crippen LogP contribution >= 0.6 is 0 Å². The Morgan fingerprint density at radius 3 is 2.00 bits per heavy atom. The summed E-state index contributed by atoms with van der Waals surface area (Å²) in [4.78, 5) is 12.2. The summed E-state index contributed by atoms with van der Waals surface area (Å²) < 4.78 is 0. The molecule has 138 valence electrons. The molecule has 0 aliphatic rings. The van der Waals surface area contributed by atoms with Crippen molar-refractivity contribution in [3.8, 4) is 0 Å². The summed E-state index contributed by atoms with van der Waals surface area (Å²) in [7, 11) is 0. The van der Waals surface area contributed by atoms with Gasteiger partial charge in [0.2, 0.25) is 0 Å². The van der Waals surface area contributed by atoms with Gasteiger partial charge >= 0.3 is 0 Å². The molecule has 0 bridgehead atoms. The zero-order valence-corrected chi connectivity index (χ0v) is 15.3. The number of carbonyl (C=O) groups is 1. The molecule has 3 aromatic rings. The van der Waals surface area contributed by atoms with Crippen molar-refractivity contribution in [2.45, 2.75) is 25.3 Å². The average Bonchev–Trinajstić information content (AvgIpc) is 2.71. The van der Waals surface area contributed by atoms with Crippen LogP contribution in [0.5, 0.6) is 0 Å². The molecule has 0 fully saturated rings. The highest BCUT2D eigenvalue weighted by Crippen LogP contribution is 2.26. The monoisotopic (exact) mass is 360 g/mol. The molecule has 2 atom stereocenters. The minimum absolute atomic E-state index is 0.281. The molecule has 0 aliphatic carbocycles. The summed E-state index contributed by atoms with van der Waals surface area (Å²) in [5, 5.41) is 12.6. The Morgan fingerprint density at radius 2 is 1.41 bits per heavy atom. The third kappa shape index (κ3) is 4.96. The van der Waals surface area contributed by atoms with Crippen molar-refractivity contribution in [3.63, 3.8) is 0 Å². The fourth-order valence-corrected chi connectivity index (χ4v) is 3.28. The van der Waals surface area contributed by atoms with E-state index in [1.54, 1.807) is 5.48 Å². The molecule has 4 nitrogen and oxygen atoms in total. The van der Waals surface area contributed by atoms with Crippen LogP contribution in [-0.2, 0) is 11.2 Å². The molecule has 4 heteroatoms. The minimum Gasteiger partial charge on any atom is -0.382 e. The first-order valence-corrected chi connectivity index (χ1v) is 9.06. The summed E-state index contributed by atoms with van der Waals surface area (Å²) in [5.41, 5.74) is 5.73. The topological polar surface area (TPSA) is 61.4 Å². The summed E-state index contributed by atoms with van der Waals surface area (Å²) in [6, 6.07) is 27.9. The normalized spacial score (nSPS) is 12.8. The lowest BCUT2D eigenvalue weighted by atomic mass is 9.90. The molecule has 1 amide bonds. The number of rotatable bonds is 7. The lowest BCUT2D eigenvalue weighted by Crippen LogP contribution is -2.27. The van der Waals surface area contributed by atoms with Crippen LogP contribution < -0.4 is 10.8 Å². The number of hydroxylamine groups is 1. The van der Waals surface area contributed by atoms with Crippen molar-refractivity contribution in [1.82, 2.24) is 5.48 Å². The van der Waals surface area contributed by atoms with Gasteiger partial charge in [-0.2, -0.15) is 0 Å². The molecule has 0 aliphatic heterocycles. The largest absolute Gasteiger partial charge is 0.382 e. The molecule has 3 N–H and O–H groups in total. The average molecular weight is 360 g/mol. The number of anilines is 1. The first-order chi connectivity index (χ1) is 13.2. The van der Waals surface area contributed by atoms with E-state index in [0.29, 0.717) is 0 Å². The number of amides is 1. The fourth-order valence-electron chi connectivity index (χ4n) is 3.28. The van der Waals surface area contributed by atoms with Gasteiger partial charge < -0.3 is 5.32 Å². The van der Waals surface area contributed by atoms with Crippen molar-refractivity contribution in [2.24, 2.45) is 0 Å². The maximum atomic E-state index is 12.2. The van der Waals surface area contributed by atoms with Crippen molar-refractivity contribution in [2.75, 3.05) is 5.32 Å². The Labute approximate surface area is 159 Å². The number of benzene rings is 3. The molecule has 3 rings (SSSR count). The van der Waals surface area contributed by atoms with Gasteiger partial charge in [-0.05, 0) is 42.2 Å². The van der Waals surface area contributed by atoms with Gasteiger partial charge in [-0.25, -0.2) is 5.48 Å². The molecule has 27 heavy (non-hydrogen) atoms. The molecule has 0 spiro atoms. The predicted molar refractivity (Wildman–Crippen MR) is 108 cm³/mol. The lowest BCUT2D eigenvalue weighted by molar-refractivity contribution is -0.129. The molecule has 0 heterocycles. The smallest absolute Gasteiger partial charge is 0.255 e. The fraction of sp³-hybridized carbons (Fsp3) is 0.174. The van der Waals surface area contributed by atoms with Crippen LogP contribution in [0.1, 0.15) is 29.5 Å². The second-order valence-corrected chi connectivity index (χ2v) is 6.68. The van der Waals surface area contributed by atoms with E-state index >= 15 is 0 Å². The minimum atomic E-state index is -0.549. The van der Waals surface area contributed by atoms with E-state index in [4.69, 9.17) is 5.21 Å². The number of carbonyl (C=O) groups excluding carboxylic acids is 1. The SMILES string of the molecule is CC(Cc1ccccc1)Nc1ccc(C(C(=O)NO)c2ccccc2)cc1. The standard InChI is InChI=1S/C23H24N2O2/c1-17(16-18-8-4-2-5-9-18)24-21-14-12-20(13-15-21)22(23(26)25-27)19-10-6-3-7-11-19/h2-15,17,22,24,27H,16H2,1H3,(H,25,26). The predicted octanol–water partition coefficient (Wildman–Crippen LogP) is 4.37. The maximum Gasteiger partial charge on any atom is 0.255 e. The van der Waals surface area contributed by atoms with Gasteiger partial charge in [0.05, 0.1) is 5.92 Å². The van der Waals surface area contributed by atoms with Crippen LogP contribution in [0.15, 0.2) is 84.9 Å². The van der Waals surface area contributed by atoms with E-state index in [0.717, 1.165) is 23.2 Å². The molecule has 2 unspecified atom stereocenters. The van der Waals surface area contributed by atoms with Crippen molar-refractivity contribution < 1.29 is 10.0 Å². The van der Waals surface area contributed by atoms with Crippen LogP contribution in [-0.4, -0.2) is 17.2 Å². The Kier molecular flexibility index (Phi) is 6.23. The lowest BCUT2D eigenvalue weighted by Gasteiger charge is -2.18. The Bertz CT molecular complexity index is 849. The Hall–Kier alpha value is -3.11. The van der Waals surface area contributed by atoms with Gasteiger partial charge in [-0.15, -0.1) is 0 Å². The molecular weight excluding hydrogens is 336 g/mol. The maximum absolute atomic E-state index is 12.2. The number of nitrogens with one attached hydrogen (secondary N) is 2. The second kappa shape index (κ2) is 9.01. The molecule has 0 aromatic heterocycles. The van der Waals surface area contributed by atoms with Gasteiger partial charge in [0.15, 0.2) is 0 Å². The van der Waals surface area contributed by atoms with E-state index in [-0.39, 0.29) is 6.04 Å². The summed E-state index contributed by atoms with van der Waals surface area (Å²) in [5.74, 6) is -0.994. The van der Waals surface area contributed by atoms with Crippen molar-refractivity contribution in [1.29, 1.82) is 0 Å². The van der Waals surface area contributed by atoms with E-state index < -0.39 is 11.8 Å². The third-order valence-corrected chi connectivity index (χ3v) is 4.55. The van der Waals surface area contributed by atoms with Gasteiger partial charge in [-0.3, -0.25) is 10.0 Å². The highest BCUT2D eigenvalue weighted by atomic mass is 16.5. The van der Waals surface area contributed by atoms with E-state index in [1.807, 2.05) is 72.8 Å². The van der Waals surface area contributed by atoms with E-state index in [2.05, 4.69) is 24.4 Å². The van der Waals surface area contributed by atoms with E-state index in [9.17, 15) is 4.79 Å². The summed E-state index contributed by atoms with van der Waals surface area (Å²) in [6.07, 6.45) is 0.933. The molecule has 0 radical (unpaired) electrons. The molecule has 0 saturated heterocycles. The van der Waals surface area contributed by atoms with Crippen molar-refractivity contribution in [3.05, 3.63) is 102 Å². The van der Waals surface area contributed by atoms with E-state index in [1.165, 1.54) is 5.56 Å². The summed E-state index contributed by atoms with van der Waals surface area (Å²) >= 11 is 0. The second-order valence-electron chi connectivity index (χ2n) is 6.68. The zero-order chi connectivity index (χ0) is 19.1. The number of hydrogen-bond acceptors (Lipinski definition) is 3. The van der Waals surface area contributed by atoms with Gasteiger partial charge in [0.1, 0.15) is 0 Å². The molecule has 0 saturated carbocycles. The van der Waals surface area contributed by atoms with Gasteiger partial charge in [0, 0.05) is 11.7 Å². The first-order valence-electron chi connectivity index (χ1n) is 9.06. The molecular formula is C23H24N2O2. The highest BCUT2D eigenvalue weighted by molar-refractivity contribution is 5.86. The van der Waals surface area contributed by atoms with Gasteiger partial charge in [-0.1, -0.05) is 72.8 Å². The Balaban J connectivity index is 1.72. The highest BCUT2D eigenvalue weighted by Gasteiger charge is 2.22. The van der Waals surface area contributed by atoms with Crippen LogP contribution in [0.25, 0.3) is 0 Å². The quantitative estimate of drug-likeness (QED) is 0.433.